The molecule has 2 heterocycles. The zero-order valence-electron chi connectivity index (χ0n) is 22.9. The average Bonchev–Trinajstić information content (AvgIpc) is 3.34. The predicted octanol–water partition coefficient (Wildman–Crippen LogP) is 5.71. The third kappa shape index (κ3) is 6.72. The smallest absolute Gasteiger partial charge is 0.324 e. The van der Waals surface area contributed by atoms with Crippen molar-refractivity contribution in [2.24, 2.45) is 0 Å². The highest BCUT2D eigenvalue weighted by Gasteiger charge is 2.22. The van der Waals surface area contributed by atoms with Crippen LogP contribution >= 0.6 is 0 Å². The Kier molecular flexibility index (Phi) is 7.85. The van der Waals surface area contributed by atoms with Gasteiger partial charge in [-0.3, -0.25) is 15.1 Å². The van der Waals surface area contributed by atoms with E-state index in [4.69, 9.17) is 14.6 Å². The number of nitrogens with zero attached hydrogens (tertiary/aromatic N) is 4. The van der Waals surface area contributed by atoms with Gasteiger partial charge >= 0.3 is 6.03 Å². The van der Waals surface area contributed by atoms with E-state index >= 15 is 0 Å². The molecular formula is C29H32N6O4. The number of hydrogen-bond donors (Lipinski definition) is 2. The van der Waals surface area contributed by atoms with Gasteiger partial charge in [0.1, 0.15) is 28.8 Å². The normalized spacial score (nSPS) is 11.0. The lowest BCUT2D eigenvalue weighted by molar-refractivity contribution is 0.0821. The Hall–Kier alpha value is -4.86. The van der Waals surface area contributed by atoms with Crippen molar-refractivity contribution in [3.05, 3.63) is 84.3 Å². The second-order valence-electron chi connectivity index (χ2n) is 10.1. The number of pyridine rings is 1. The summed E-state index contributed by atoms with van der Waals surface area (Å²) in [7, 11) is 4.93. The first-order valence-electron chi connectivity index (χ1n) is 12.3. The number of anilines is 2. The van der Waals surface area contributed by atoms with Crippen LogP contribution < -0.4 is 20.1 Å². The van der Waals surface area contributed by atoms with Crippen LogP contribution in [0, 0.1) is 0 Å². The highest BCUT2D eigenvalue weighted by molar-refractivity contribution is 5.99. The number of hydrogen-bond acceptors (Lipinski definition) is 6. The molecule has 0 fully saturated rings. The van der Waals surface area contributed by atoms with Crippen LogP contribution in [0.15, 0.2) is 72.9 Å². The molecule has 0 atom stereocenters. The van der Waals surface area contributed by atoms with Gasteiger partial charge in [0, 0.05) is 49.6 Å². The molecule has 0 spiro atoms. The molecule has 2 aromatic heterocycles. The Bertz CT molecular complexity index is 1470. The maximum Gasteiger partial charge on any atom is 0.324 e. The van der Waals surface area contributed by atoms with Gasteiger partial charge in [-0.1, -0.05) is 26.8 Å². The molecule has 0 radical (unpaired) electrons. The van der Waals surface area contributed by atoms with E-state index in [1.807, 2.05) is 30.3 Å². The summed E-state index contributed by atoms with van der Waals surface area (Å²) in [5.41, 5.74) is 2.22. The third-order valence-corrected chi connectivity index (χ3v) is 5.72. The number of carbonyl (C=O) groups is 2. The lowest BCUT2D eigenvalue weighted by atomic mass is 9.92. The fraction of sp³-hybridized carbons (Fsp3) is 0.241. The molecule has 0 unspecified atom stereocenters. The maximum atomic E-state index is 12.9. The van der Waals surface area contributed by atoms with E-state index in [1.165, 1.54) is 11.1 Å². The first-order chi connectivity index (χ1) is 18.5. The minimum atomic E-state index is -0.422. The van der Waals surface area contributed by atoms with Crippen molar-refractivity contribution >= 4 is 23.4 Å². The summed E-state index contributed by atoms with van der Waals surface area (Å²) in [6.07, 6.45) is 1.52. The van der Waals surface area contributed by atoms with E-state index in [0.29, 0.717) is 28.8 Å². The second-order valence-corrected chi connectivity index (χ2v) is 10.1. The Balaban J connectivity index is 1.47. The molecule has 0 saturated carbocycles. The van der Waals surface area contributed by atoms with E-state index in [9.17, 15) is 9.59 Å². The first-order valence-corrected chi connectivity index (χ1v) is 12.3. The zero-order valence-corrected chi connectivity index (χ0v) is 22.9. The Labute approximate surface area is 227 Å². The lowest BCUT2D eigenvalue weighted by Gasteiger charge is -2.14. The molecule has 0 saturated heterocycles. The van der Waals surface area contributed by atoms with E-state index in [0.717, 1.165) is 11.4 Å². The number of aromatic nitrogens is 3. The predicted molar refractivity (Wildman–Crippen MR) is 150 cm³/mol. The fourth-order valence-corrected chi connectivity index (χ4v) is 3.62. The van der Waals surface area contributed by atoms with Crippen molar-refractivity contribution in [2.45, 2.75) is 26.2 Å². The summed E-state index contributed by atoms with van der Waals surface area (Å²) in [4.78, 5) is 30.6. The molecular weight excluding hydrogens is 496 g/mol. The van der Waals surface area contributed by atoms with E-state index < -0.39 is 6.03 Å². The molecule has 0 bridgehead atoms. The fourth-order valence-electron chi connectivity index (χ4n) is 3.62. The quantitative estimate of drug-likeness (QED) is 0.318. The standard InChI is InChI=1S/C29H32N6O4/c1-29(2,3)25-18-26(35(33-25)20-8-7-9-22(16-20)38-6)32-28(37)31-19-10-12-21(13-11-19)39-23-14-15-30-24(17-23)27(36)34(4)5/h7-18H,1-6H3,(H2,31,32,37). The first kappa shape index (κ1) is 27.2. The lowest BCUT2D eigenvalue weighted by Crippen LogP contribution is -2.22. The highest BCUT2D eigenvalue weighted by atomic mass is 16.5. The second kappa shape index (κ2) is 11.3. The van der Waals surface area contributed by atoms with Gasteiger partial charge in [0.15, 0.2) is 0 Å². The van der Waals surface area contributed by atoms with Gasteiger partial charge in [0.2, 0.25) is 0 Å². The molecule has 0 aliphatic carbocycles. The molecule has 2 aromatic carbocycles. The van der Waals surface area contributed by atoms with Gasteiger partial charge in [-0.2, -0.15) is 5.10 Å². The summed E-state index contributed by atoms with van der Waals surface area (Å²) < 4.78 is 12.9. The molecule has 2 N–H and O–H groups in total. The average molecular weight is 529 g/mol. The van der Waals surface area contributed by atoms with Crippen molar-refractivity contribution in [1.82, 2.24) is 19.7 Å². The van der Waals surface area contributed by atoms with E-state index in [1.54, 1.807) is 62.3 Å². The van der Waals surface area contributed by atoms with Crippen molar-refractivity contribution in [2.75, 3.05) is 31.8 Å². The van der Waals surface area contributed by atoms with Crippen LogP contribution in [0.5, 0.6) is 17.2 Å². The highest BCUT2D eigenvalue weighted by Crippen LogP contribution is 2.28. The summed E-state index contributed by atoms with van der Waals surface area (Å²) in [6, 6.07) is 19.1. The molecule has 39 heavy (non-hydrogen) atoms. The van der Waals surface area contributed by atoms with E-state index in [2.05, 4.69) is 36.4 Å². The van der Waals surface area contributed by atoms with Gasteiger partial charge < -0.3 is 19.7 Å². The van der Waals surface area contributed by atoms with Gasteiger partial charge in [0.25, 0.3) is 5.91 Å². The summed E-state index contributed by atoms with van der Waals surface area (Å²) >= 11 is 0. The molecule has 4 rings (SSSR count). The number of rotatable bonds is 7. The maximum absolute atomic E-state index is 12.9. The zero-order chi connectivity index (χ0) is 28.2. The molecule has 3 amide bonds. The Morgan fingerprint density at radius 1 is 0.897 bits per heavy atom. The van der Waals surface area contributed by atoms with Gasteiger partial charge in [-0.25, -0.2) is 9.48 Å². The van der Waals surface area contributed by atoms with Crippen LogP contribution in [0.2, 0.25) is 0 Å². The van der Waals surface area contributed by atoms with Crippen molar-refractivity contribution in [3.63, 3.8) is 0 Å². The molecule has 202 valence electrons. The Morgan fingerprint density at radius 2 is 1.64 bits per heavy atom. The van der Waals surface area contributed by atoms with Crippen molar-refractivity contribution in [3.8, 4) is 22.9 Å². The number of ether oxygens (including phenoxy) is 2. The number of methoxy groups -OCH3 is 1. The summed E-state index contributed by atoms with van der Waals surface area (Å²) in [6.45, 7) is 6.18. The Morgan fingerprint density at radius 3 is 2.31 bits per heavy atom. The summed E-state index contributed by atoms with van der Waals surface area (Å²) in [5.74, 6) is 2.01. The summed E-state index contributed by atoms with van der Waals surface area (Å²) in [5, 5.41) is 10.5. The monoisotopic (exact) mass is 528 g/mol. The minimum Gasteiger partial charge on any atom is -0.497 e. The van der Waals surface area contributed by atoms with Gasteiger partial charge in [-0.05, 0) is 42.5 Å². The molecule has 10 heteroatoms. The number of benzene rings is 2. The number of nitrogens with one attached hydrogen (secondary N) is 2. The molecule has 4 aromatic rings. The van der Waals surface area contributed by atoms with E-state index in [-0.39, 0.29) is 17.0 Å². The van der Waals surface area contributed by atoms with Crippen LogP contribution in [0.4, 0.5) is 16.3 Å². The van der Waals surface area contributed by atoms with Crippen LogP contribution in [0.1, 0.15) is 37.0 Å². The van der Waals surface area contributed by atoms with Crippen LogP contribution in [0.25, 0.3) is 5.69 Å². The van der Waals surface area contributed by atoms with Crippen LogP contribution in [-0.4, -0.2) is 52.8 Å². The number of urea groups is 1. The van der Waals surface area contributed by atoms with Crippen LogP contribution in [-0.2, 0) is 5.41 Å². The van der Waals surface area contributed by atoms with Crippen molar-refractivity contribution in [1.29, 1.82) is 0 Å². The topological polar surface area (TPSA) is 111 Å². The van der Waals surface area contributed by atoms with Gasteiger partial charge in [0.05, 0.1) is 18.5 Å². The van der Waals surface area contributed by atoms with Crippen LogP contribution in [0.3, 0.4) is 0 Å². The molecule has 10 nitrogen and oxygen atoms in total. The number of carbonyl (C=O) groups excluding carboxylic acids is 2. The molecule has 0 aliphatic rings. The molecule has 0 aliphatic heterocycles. The number of amides is 3. The van der Waals surface area contributed by atoms with Gasteiger partial charge in [-0.15, -0.1) is 0 Å². The SMILES string of the molecule is COc1cccc(-n2nc(C(C)(C)C)cc2NC(=O)Nc2ccc(Oc3ccnc(C(=O)N(C)C)c3)cc2)c1. The van der Waals surface area contributed by atoms with Crippen molar-refractivity contribution < 1.29 is 19.1 Å². The minimum absolute atomic E-state index is 0.214. The third-order valence-electron chi connectivity index (χ3n) is 5.72. The largest absolute Gasteiger partial charge is 0.497 e.